The summed E-state index contributed by atoms with van der Waals surface area (Å²) in [6.07, 6.45) is 9.23. The maximum atomic E-state index is 13.3. The van der Waals surface area contributed by atoms with E-state index in [2.05, 4.69) is 32.5 Å². The van der Waals surface area contributed by atoms with E-state index in [1.807, 2.05) is 32.1 Å². The Bertz CT molecular complexity index is 1140. The molecule has 9 heteroatoms. The molecule has 1 saturated heterocycles. The Kier molecular flexibility index (Phi) is 8.35. The molecule has 194 valence electrons. The molecular formula is C27H35ClFN5OS. The molecule has 1 aliphatic heterocycles. The third-order valence-electron chi connectivity index (χ3n) is 7.08. The van der Waals surface area contributed by atoms with E-state index < -0.39 is 11.0 Å². The maximum Gasteiger partial charge on any atom is 0.141 e. The zero-order valence-corrected chi connectivity index (χ0v) is 22.7. The van der Waals surface area contributed by atoms with Gasteiger partial charge in [0.1, 0.15) is 28.5 Å². The van der Waals surface area contributed by atoms with E-state index in [0.29, 0.717) is 41.1 Å². The number of anilines is 2. The minimum absolute atomic E-state index is 0.0567. The van der Waals surface area contributed by atoms with Crippen LogP contribution in [0, 0.1) is 17.1 Å². The quantitative estimate of drug-likeness (QED) is 0.281. The Hall–Kier alpha value is -2.45. The van der Waals surface area contributed by atoms with Crippen molar-refractivity contribution < 1.29 is 8.60 Å². The van der Waals surface area contributed by atoms with Gasteiger partial charge >= 0.3 is 0 Å². The summed E-state index contributed by atoms with van der Waals surface area (Å²) in [7, 11) is -1.31. The van der Waals surface area contributed by atoms with Gasteiger partial charge in [-0.25, -0.2) is 13.6 Å². The molecular weight excluding hydrogens is 497 g/mol. The lowest BCUT2D eigenvalue weighted by Crippen LogP contribution is -2.57. The standard InChI is InChI=1S/C25H29ClFN5OS.C2H6/c1-17-5-8-19(9-6-17)34(33)30-21-4-2-3-20(26)23(21)24(28)32-14-13-31(16-25(32)11-12-25)22-10-7-18(27)15-29-22;1-2/h2-5,7-8,10,15,17,19,28,30H,6,9,11-14,16H2,1H3;1-2H3. The largest absolute Gasteiger partial charge is 0.352 e. The van der Waals surface area contributed by atoms with Gasteiger partial charge in [0.05, 0.1) is 33.3 Å². The van der Waals surface area contributed by atoms with Crippen molar-refractivity contribution in [3.05, 3.63) is 65.1 Å². The summed E-state index contributed by atoms with van der Waals surface area (Å²) >= 11 is 6.61. The van der Waals surface area contributed by atoms with Crippen molar-refractivity contribution in [1.82, 2.24) is 9.88 Å². The molecule has 2 aromatic rings. The van der Waals surface area contributed by atoms with Gasteiger partial charge in [0.2, 0.25) is 0 Å². The second-order valence-electron chi connectivity index (χ2n) is 9.52. The lowest BCUT2D eigenvalue weighted by Gasteiger charge is -2.44. The number of aromatic nitrogens is 1. The van der Waals surface area contributed by atoms with Crippen LogP contribution in [0.2, 0.25) is 5.02 Å². The molecule has 0 radical (unpaired) electrons. The number of piperazine rings is 1. The van der Waals surface area contributed by atoms with Crippen LogP contribution in [0.1, 0.15) is 52.0 Å². The summed E-state index contributed by atoms with van der Waals surface area (Å²) < 4.78 is 29.6. The first-order chi connectivity index (χ1) is 17.4. The number of hydrogen-bond donors (Lipinski definition) is 2. The summed E-state index contributed by atoms with van der Waals surface area (Å²) in [6, 6.07) is 8.59. The van der Waals surface area contributed by atoms with Gasteiger partial charge in [-0.15, -0.1) is 0 Å². The summed E-state index contributed by atoms with van der Waals surface area (Å²) in [5.41, 5.74) is 1.05. The van der Waals surface area contributed by atoms with E-state index in [4.69, 9.17) is 17.0 Å². The fourth-order valence-corrected chi connectivity index (χ4v) is 6.32. The lowest BCUT2D eigenvalue weighted by atomic mass is 9.98. The van der Waals surface area contributed by atoms with Gasteiger partial charge in [-0.3, -0.25) is 5.41 Å². The van der Waals surface area contributed by atoms with E-state index in [1.54, 1.807) is 12.1 Å². The van der Waals surface area contributed by atoms with Gasteiger partial charge in [-0.1, -0.05) is 50.6 Å². The second kappa shape index (κ2) is 11.3. The van der Waals surface area contributed by atoms with E-state index in [-0.39, 0.29) is 16.6 Å². The molecule has 3 unspecified atom stereocenters. The van der Waals surface area contributed by atoms with Crippen LogP contribution in [-0.2, 0) is 11.0 Å². The molecule has 1 aromatic heterocycles. The van der Waals surface area contributed by atoms with E-state index >= 15 is 0 Å². The number of nitrogens with zero attached hydrogens (tertiary/aromatic N) is 3. The van der Waals surface area contributed by atoms with Crippen LogP contribution in [0.15, 0.2) is 48.7 Å². The zero-order chi connectivity index (χ0) is 25.9. The van der Waals surface area contributed by atoms with Gasteiger partial charge in [0.25, 0.3) is 0 Å². The van der Waals surface area contributed by atoms with Gasteiger partial charge < -0.3 is 14.5 Å². The molecule has 2 N–H and O–H groups in total. The predicted octanol–water partition coefficient (Wildman–Crippen LogP) is 6.01. The molecule has 2 heterocycles. The smallest absolute Gasteiger partial charge is 0.141 e. The number of benzene rings is 1. The molecule has 3 aliphatic rings. The van der Waals surface area contributed by atoms with Crippen LogP contribution in [-0.4, -0.2) is 50.4 Å². The topological polar surface area (TPSA) is 72.3 Å². The average molecular weight is 532 g/mol. The van der Waals surface area contributed by atoms with Gasteiger partial charge in [-0.05, 0) is 55.9 Å². The highest BCUT2D eigenvalue weighted by molar-refractivity contribution is 7.87. The first kappa shape index (κ1) is 26.6. The Morgan fingerprint density at radius 3 is 2.61 bits per heavy atom. The molecule has 6 nitrogen and oxygen atoms in total. The van der Waals surface area contributed by atoms with Gasteiger partial charge in [-0.2, -0.15) is 0 Å². The molecule has 0 bridgehead atoms. The van der Waals surface area contributed by atoms with Crippen molar-refractivity contribution in [3.8, 4) is 0 Å². The average Bonchev–Trinajstić information content (AvgIpc) is 3.65. The maximum absolute atomic E-state index is 13.3. The number of rotatable bonds is 5. The second-order valence-corrected chi connectivity index (χ2v) is 11.3. The number of pyridine rings is 1. The molecule has 5 rings (SSSR count). The fraction of sp³-hybridized carbons (Fsp3) is 0.481. The lowest BCUT2D eigenvalue weighted by molar-refractivity contribution is 0.258. The van der Waals surface area contributed by atoms with Crippen molar-refractivity contribution >= 4 is 39.9 Å². The summed E-state index contributed by atoms with van der Waals surface area (Å²) in [6.45, 7) is 8.19. The Morgan fingerprint density at radius 2 is 1.97 bits per heavy atom. The van der Waals surface area contributed by atoms with Crippen LogP contribution < -0.4 is 9.62 Å². The molecule has 0 amide bonds. The third kappa shape index (κ3) is 5.59. The predicted molar refractivity (Wildman–Crippen MR) is 148 cm³/mol. The summed E-state index contributed by atoms with van der Waals surface area (Å²) in [5.74, 6) is 1.27. The van der Waals surface area contributed by atoms with Gasteiger partial charge in [0, 0.05) is 19.6 Å². The van der Waals surface area contributed by atoms with Crippen LogP contribution in [0.5, 0.6) is 0 Å². The highest BCUT2D eigenvalue weighted by Crippen LogP contribution is 2.46. The summed E-state index contributed by atoms with van der Waals surface area (Å²) in [4.78, 5) is 8.53. The minimum atomic E-state index is -1.31. The van der Waals surface area contributed by atoms with Crippen molar-refractivity contribution in [2.24, 2.45) is 5.92 Å². The fourth-order valence-electron chi connectivity index (χ4n) is 4.93. The molecule has 1 spiro atoms. The van der Waals surface area contributed by atoms with Crippen molar-refractivity contribution in [1.29, 1.82) is 5.41 Å². The normalized spacial score (nSPS) is 23.0. The van der Waals surface area contributed by atoms with Crippen LogP contribution in [0.4, 0.5) is 15.9 Å². The first-order valence-electron chi connectivity index (χ1n) is 12.7. The first-order valence-corrected chi connectivity index (χ1v) is 14.3. The molecule has 3 atom stereocenters. The summed E-state index contributed by atoms with van der Waals surface area (Å²) in [5, 5.41) is 9.53. The van der Waals surface area contributed by atoms with Crippen molar-refractivity contribution in [3.63, 3.8) is 0 Å². The highest BCUT2D eigenvalue weighted by Gasteiger charge is 2.53. The molecule has 36 heavy (non-hydrogen) atoms. The minimum Gasteiger partial charge on any atom is -0.352 e. The van der Waals surface area contributed by atoms with Crippen molar-refractivity contribution in [2.75, 3.05) is 29.3 Å². The van der Waals surface area contributed by atoms with Crippen molar-refractivity contribution in [2.45, 2.75) is 57.2 Å². The zero-order valence-electron chi connectivity index (χ0n) is 21.1. The molecule has 2 fully saturated rings. The Balaban J connectivity index is 0.00000148. The number of nitrogens with one attached hydrogen (secondary N) is 2. The third-order valence-corrected chi connectivity index (χ3v) is 8.76. The number of halogens is 2. The van der Waals surface area contributed by atoms with Crippen LogP contribution in [0.25, 0.3) is 0 Å². The molecule has 2 aliphatic carbocycles. The highest BCUT2D eigenvalue weighted by atomic mass is 35.5. The van der Waals surface area contributed by atoms with E-state index in [9.17, 15) is 8.60 Å². The number of amidine groups is 1. The monoisotopic (exact) mass is 531 g/mol. The van der Waals surface area contributed by atoms with Crippen LogP contribution >= 0.6 is 11.6 Å². The number of hydrogen-bond acceptors (Lipinski definition) is 4. The van der Waals surface area contributed by atoms with Crippen LogP contribution in [0.3, 0.4) is 0 Å². The Morgan fingerprint density at radius 1 is 1.19 bits per heavy atom. The Labute approximate surface area is 221 Å². The number of allylic oxidation sites excluding steroid dienone is 1. The molecule has 1 aromatic carbocycles. The molecule has 1 saturated carbocycles. The van der Waals surface area contributed by atoms with Gasteiger partial charge in [0.15, 0.2) is 0 Å². The SMILES string of the molecule is CC.CC1C=CC(S(=O)Nc2cccc(Cl)c2C(=N)N2CCN(c3ccc(F)cn3)CC23CC3)CC1. The van der Waals surface area contributed by atoms with E-state index in [0.717, 1.165) is 38.0 Å². The van der Waals surface area contributed by atoms with E-state index in [1.165, 1.54) is 12.3 Å².